The summed E-state index contributed by atoms with van der Waals surface area (Å²) < 4.78 is 0. The molecule has 0 amide bonds. The van der Waals surface area contributed by atoms with Crippen LogP contribution in [0.3, 0.4) is 0 Å². The zero-order valence-electron chi connectivity index (χ0n) is 20.0. The fraction of sp³-hybridized carbons (Fsp3) is 0.857. The number of aliphatic hydroxyl groups excluding tert-OH is 1. The second-order valence-electron chi connectivity index (χ2n) is 12.3. The number of rotatable bonds is 4. The van der Waals surface area contributed by atoms with Gasteiger partial charge in [0.05, 0.1) is 6.10 Å². The molecule has 0 radical (unpaired) electrons. The maximum atomic E-state index is 10.2. The molecule has 0 aromatic heterocycles. The molecule has 0 saturated heterocycles. The van der Waals surface area contributed by atoms with Gasteiger partial charge in [0, 0.05) is 0 Å². The maximum Gasteiger partial charge on any atom is 0.0543 e. The minimum absolute atomic E-state index is 0.0476. The van der Waals surface area contributed by atoms with E-state index in [1.807, 2.05) is 5.57 Å². The predicted molar refractivity (Wildman–Crippen MR) is 124 cm³/mol. The van der Waals surface area contributed by atoms with E-state index >= 15 is 0 Å². The highest BCUT2D eigenvalue weighted by Crippen LogP contribution is 2.66. The molecule has 0 aliphatic heterocycles. The van der Waals surface area contributed by atoms with Crippen molar-refractivity contribution in [1.29, 1.82) is 0 Å². The first kappa shape index (κ1) is 21.7. The van der Waals surface area contributed by atoms with Crippen LogP contribution in [0.15, 0.2) is 23.8 Å². The van der Waals surface area contributed by atoms with Gasteiger partial charge in [-0.05, 0) is 104 Å². The van der Waals surface area contributed by atoms with Crippen molar-refractivity contribution in [3.63, 3.8) is 0 Å². The third-order valence-corrected chi connectivity index (χ3v) is 10.5. The summed E-state index contributed by atoms with van der Waals surface area (Å²) in [7, 11) is 0. The van der Waals surface area contributed by atoms with Crippen LogP contribution in [-0.2, 0) is 0 Å². The van der Waals surface area contributed by atoms with E-state index in [1.54, 1.807) is 0 Å². The standard InChI is InChI=1S/C28H46O/c1-18(2)19(3)7-8-20(4)24-11-12-25-23-10-9-21-17-22(29)13-15-27(21,5)26(23)14-16-28(24,25)6/h7-8,10,18-22,24-26,29H,9,11-17H2,1-6H3/t19-,20+,21?,22-,24+,25-,26-,27-,28+/m0/s1. The summed E-state index contributed by atoms with van der Waals surface area (Å²) >= 11 is 0. The number of hydrogen-bond acceptors (Lipinski definition) is 1. The summed E-state index contributed by atoms with van der Waals surface area (Å²) in [6.07, 6.45) is 17.8. The molecule has 3 fully saturated rings. The van der Waals surface area contributed by atoms with Gasteiger partial charge < -0.3 is 5.11 Å². The molecule has 164 valence electrons. The van der Waals surface area contributed by atoms with Crippen molar-refractivity contribution in [1.82, 2.24) is 0 Å². The van der Waals surface area contributed by atoms with Crippen LogP contribution in [0.1, 0.15) is 92.9 Å². The van der Waals surface area contributed by atoms with Crippen molar-refractivity contribution >= 4 is 0 Å². The van der Waals surface area contributed by atoms with Gasteiger partial charge >= 0.3 is 0 Å². The lowest BCUT2D eigenvalue weighted by Gasteiger charge is -2.57. The van der Waals surface area contributed by atoms with Crippen molar-refractivity contribution in [2.24, 2.45) is 52.3 Å². The van der Waals surface area contributed by atoms with Crippen LogP contribution in [0.5, 0.6) is 0 Å². The highest BCUT2D eigenvalue weighted by molar-refractivity contribution is 5.28. The minimum atomic E-state index is -0.0476. The summed E-state index contributed by atoms with van der Waals surface area (Å²) in [5.74, 6) is 5.25. The first-order chi connectivity index (χ1) is 13.7. The molecular formula is C28H46O. The van der Waals surface area contributed by atoms with Gasteiger partial charge in [0.2, 0.25) is 0 Å². The molecule has 0 spiro atoms. The Bertz CT molecular complexity index is 659. The summed E-state index contributed by atoms with van der Waals surface area (Å²) in [5, 5.41) is 10.2. The highest BCUT2D eigenvalue weighted by Gasteiger charge is 2.57. The van der Waals surface area contributed by atoms with Gasteiger partial charge in [-0.25, -0.2) is 0 Å². The first-order valence-corrected chi connectivity index (χ1v) is 12.7. The Balaban J connectivity index is 1.54. The second kappa shape index (κ2) is 7.85. The van der Waals surface area contributed by atoms with Gasteiger partial charge in [-0.3, -0.25) is 0 Å². The van der Waals surface area contributed by atoms with Gasteiger partial charge in [-0.1, -0.05) is 65.3 Å². The molecule has 0 heterocycles. The lowest BCUT2D eigenvalue weighted by atomic mass is 9.47. The Morgan fingerprint density at radius 2 is 1.62 bits per heavy atom. The van der Waals surface area contributed by atoms with Crippen LogP contribution < -0.4 is 0 Å². The highest BCUT2D eigenvalue weighted by atomic mass is 16.3. The van der Waals surface area contributed by atoms with Crippen LogP contribution in [0.2, 0.25) is 0 Å². The van der Waals surface area contributed by atoms with Crippen LogP contribution >= 0.6 is 0 Å². The largest absolute Gasteiger partial charge is 0.393 e. The molecule has 9 atom stereocenters. The van der Waals surface area contributed by atoms with E-state index in [0.717, 1.165) is 36.5 Å². The third kappa shape index (κ3) is 3.58. The van der Waals surface area contributed by atoms with Gasteiger partial charge in [-0.2, -0.15) is 0 Å². The van der Waals surface area contributed by atoms with E-state index in [0.29, 0.717) is 28.6 Å². The van der Waals surface area contributed by atoms with Crippen LogP contribution in [0.25, 0.3) is 0 Å². The smallest absolute Gasteiger partial charge is 0.0543 e. The van der Waals surface area contributed by atoms with E-state index in [-0.39, 0.29) is 6.10 Å². The van der Waals surface area contributed by atoms with Crippen molar-refractivity contribution in [2.75, 3.05) is 0 Å². The molecule has 1 nitrogen and oxygen atoms in total. The lowest BCUT2D eigenvalue weighted by Crippen LogP contribution is -2.49. The fourth-order valence-electron chi connectivity index (χ4n) is 8.10. The number of allylic oxidation sites excluding steroid dienone is 4. The van der Waals surface area contributed by atoms with Crippen LogP contribution in [-0.4, -0.2) is 11.2 Å². The maximum absolute atomic E-state index is 10.2. The average molecular weight is 399 g/mol. The van der Waals surface area contributed by atoms with Crippen molar-refractivity contribution in [3.8, 4) is 0 Å². The van der Waals surface area contributed by atoms with Gasteiger partial charge in [0.15, 0.2) is 0 Å². The fourth-order valence-corrected chi connectivity index (χ4v) is 8.10. The molecule has 3 saturated carbocycles. The number of aliphatic hydroxyl groups is 1. The van der Waals surface area contributed by atoms with Crippen LogP contribution in [0, 0.1) is 52.3 Å². The second-order valence-corrected chi connectivity index (χ2v) is 12.3. The van der Waals surface area contributed by atoms with Gasteiger partial charge in [0.1, 0.15) is 0 Å². The summed E-state index contributed by atoms with van der Waals surface area (Å²) in [5.41, 5.74) is 2.79. The summed E-state index contributed by atoms with van der Waals surface area (Å²) in [6.45, 7) is 14.7. The third-order valence-electron chi connectivity index (χ3n) is 10.5. The van der Waals surface area contributed by atoms with E-state index in [4.69, 9.17) is 0 Å². The molecule has 1 unspecified atom stereocenters. The molecular weight excluding hydrogens is 352 g/mol. The number of hydrogen-bond donors (Lipinski definition) is 1. The Morgan fingerprint density at radius 1 is 0.931 bits per heavy atom. The molecule has 4 aliphatic carbocycles. The predicted octanol–water partition coefficient (Wildman–Crippen LogP) is 7.41. The molecule has 0 aromatic rings. The summed E-state index contributed by atoms with van der Waals surface area (Å²) in [6, 6.07) is 0. The van der Waals surface area contributed by atoms with Gasteiger partial charge in [-0.15, -0.1) is 0 Å². The Kier molecular flexibility index (Phi) is 5.86. The Morgan fingerprint density at radius 3 is 2.34 bits per heavy atom. The van der Waals surface area contributed by atoms with E-state index in [9.17, 15) is 5.11 Å². The van der Waals surface area contributed by atoms with Crippen molar-refractivity contribution in [2.45, 2.75) is 99.0 Å². The Hall–Kier alpha value is -0.560. The van der Waals surface area contributed by atoms with Crippen molar-refractivity contribution < 1.29 is 5.11 Å². The van der Waals surface area contributed by atoms with E-state index in [1.165, 1.54) is 38.5 Å². The quantitative estimate of drug-likeness (QED) is 0.489. The molecule has 0 bridgehead atoms. The molecule has 1 heteroatoms. The van der Waals surface area contributed by atoms with E-state index < -0.39 is 0 Å². The molecule has 1 N–H and O–H groups in total. The Labute approximate surface area is 180 Å². The monoisotopic (exact) mass is 398 g/mol. The average Bonchev–Trinajstić information content (AvgIpc) is 3.03. The SMILES string of the molecule is CC(C)[C@@H](C)C=C[C@@H](C)[C@H]1CC[C@H]2C3=CCC4C[C@@H](O)CC[C@]4(C)[C@H]3CC[C@]12C. The first-order valence-electron chi connectivity index (χ1n) is 12.7. The zero-order chi connectivity index (χ0) is 21.0. The molecule has 29 heavy (non-hydrogen) atoms. The topological polar surface area (TPSA) is 20.2 Å². The minimum Gasteiger partial charge on any atom is -0.393 e. The molecule has 0 aromatic carbocycles. The number of fused-ring (bicyclic) bond motifs is 5. The van der Waals surface area contributed by atoms with Crippen molar-refractivity contribution in [3.05, 3.63) is 23.8 Å². The zero-order valence-corrected chi connectivity index (χ0v) is 20.0. The summed E-state index contributed by atoms with van der Waals surface area (Å²) in [4.78, 5) is 0. The van der Waals surface area contributed by atoms with Crippen LogP contribution in [0.4, 0.5) is 0 Å². The molecule has 4 aliphatic rings. The normalized spacial score (nSPS) is 46.8. The lowest BCUT2D eigenvalue weighted by molar-refractivity contribution is -0.0414. The molecule has 4 rings (SSSR count). The van der Waals surface area contributed by atoms with Gasteiger partial charge in [0.25, 0.3) is 0 Å². The van der Waals surface area contributed by atoms with E-state index in [2.05, 4.69) is 59.8 Å².